The van der Waals surface area contributed by atoms with Crippen LogP contribution in [0.1, 0.15) is 5.56 Å². The van der Waals surface area contributed by atoms with Gasteiger partial charge in [-0.3, -0.25) is 10.1 Å². The van der Waals surface area contributed by atoms with Crippen LogP contribution in [-0.4, -0.2) is 16.9 Å². The minimum Gasteiger partial charge on any atom is -0.425 e. The second kappa shape index (κ2) is 6.62. The number of benzene rings is 2. The number of nitrogens with two attached hydrogens (primary N) is 1. The zero-order valence-corrected chi connectivity index (χ0v) is 11.1. The summed E-state index contributed by atoms with van der Waals surface area (Å²) >= 11 is 0. The van der Waals surface area contributed by atoms with Crippen molar-refractivity contribution in [3.63, 3.8) is 0 Å². The first kappa shape index (κ1) is 14.7. The van der Waals surface area contributed by atoms with Gasteiger partial charge in [0.15, 0.2) is 0 Å². The minimum atomic E-state index is -0.827. The molecule has 2 rings (SSSR count). The number of non-ortho nitro benzene ring substituents is 1. The van der Waals surface area contributed by atoms with Gasteiger partial charge >= 0.3 is 5.97 Å². The maximum Gasteiger partial charge on any atom is 0.328 e. The van der Waals surface area contributed by atoms with Crippen LogP contribution in [0.2, 0.25) is 0 Å². The van der Waals surface area contributed by atoms with E-state index >= 15 is 0 Å². The molecule has 1 atom stereocenters. The summed E-state index contributed by atoms with van der Waals surface area (Å²) in [6, 6.07) is 13.7. The molecular weight excluding hydrogens is 272 g/mol. The van der Waals surface area contributed by atoms with Crippen molar-refractivity contribution in [1.82, 2.24) is 0 Å². The van der Waals surface area contributed by atoms with E-state index in [4.69, 9.17) is 10.5 Å². The van der Waals surface area contributed by atoms with Gasteiger partial charge < -0.3 is 10.5 Å². The molecule has 0 aliphatic heterocycles. The lowest BCUT2D eigenvalue weighted by atomic mass is 10.1. The number of nitro groups is 1. The van der Waals surface area contributed by atoms with Crippen molar-refractivity contribution < 1.29 is 14.5 Å². The number of nitrogens with zero attached hydrogens (tertiary/aromatic N) is 1. The molecule has 6 heteroatoms. The standard InChI is InChI=1S/C15H14N2O4/c16-14(15(18)21-13-4-2-1-3-5-13)10-11-6-8-12(9-7-11)17(19)20/h1-9,14H,10,16H2/t14-/m0/s1. The third-order valence-electron chi connectivity index (χ3n) is 2.87. The Hall–Kier alpha value is -2.73. The Morgan fingerprint density at radius 1 is 1.14 bits per heavy atom. The number of rotatable bonds is 5. The summed E-state index contributed by atoms with van der Waals surface area (Å²) in [5.74, 6) is -0.110. The van der Waals surface area contributed by atoms with E-state index in [9.17, 15) is 14.9 Å². The maximum atomic E-state index is 11.8. The molecule has 0 bridgehead atoms. The zero-order chi connectivity index (χ0) is 15.2. The molecular formula is C15H14N2O4. The third kappa shape index (κ3) is 4.12. The lowest BCUT2D eigenvalue weighted by Gasteiger charge is -2.11. The molecule has 0 unspecified atom stereocenters. The molecule has 0 spiro atoms. The average molecular weight is 286 g/mol. The second-order valence-electron chi connectivity index (χ2n) is 4.47. The summed E-state index contributed by atoms with van der Waals surface area (Å²) in [5.41, 5.74) is 6.52. The molecule has 0 saturated carbocycles. The molecule has 0 radical (unpaired) electrons. The molecule has 21 heavy (non-hydrogen) atoms. The number of esters is 1. The molecule has 0 aliphatic rings. The average Bonchev–Trinajstić information content (AvgIpc) is 2.48. The summed E-state index contributed by atoms with van der Waals surface area (Å²) in [6.45, 7) is 0. The van der Waals surface area contributed by atoms with Crippen molar-refractivity contribution in [1.29, 1.82) is 0 Å². The smallest absolute Gasteiger partial charge is 0.328 e. The molecule has 0 fully saturated rings. The molecule has 6 nitrogen and oxygen atoms in total. The van der Waals surface area contributed by atoms with Gasteiger partial charge in [0.25, 0.3) is 5.69 Å². The number of para-hydroxylation sites is 1. The highest BCUT2D eigenvalue weighted by atomic mass is 16.6. The summed E-state index contributed by atoms with van der Waals surface area (Å²) in [4.78, 5) is 21.9. The van der Waals surface area contributed by atoms with Crippen molar-refractivity contribution in [3.05, 3.63) is 70.3 Å². The van der Waals surface area contributed by atoms with Crippen LogP contribution in [-0.2, 0) is 11.2 Å². The molecule has 0 heterocycles. The van der Waals surface area contributed by atoms with Crippen LogP contribution < -0.4 is 10.5 Å². The molecule has 0 aliphatic carbocycles. The molecule has 2 aromatic rings. The highest BCUT2D eigenvalue weighted by Crippen LogP contribution is 2.14. The predicted octanol–water partition coefficient (Wildman–Crippen LogP) is 2.07. The van der Waals surface area contributed by atoms with E-state index in [1.165, 1.54) is 12.1 Å². The van der Waals surface area contributed by atoms with E-state index in [1.54, 1.807) is 36.4 Å². The van der Waals surface area contributed by atoms with Gasteiger partial charge in [0.2, 0.25) is 0 Å². The molecule has 108 valence electrons. The molecule has 2 N–H and O–H groups in total. The fourth-order valence-electron chi connectivity index (χ4n) is 1.77. The van der Waals surface area contributed by atoms with Gasteiger partial charge in [-0.05, 0) is 24.1 Å². The van der Waals surface area contributed by atoms with Crippen LogP contribution in [0.25, 0.3) is 0 Å². The minimum absolute atomic E-state index is 0.000756. The molecule has 0 aromatic heterocycles. The third-order valence-corrected chi connectivity index (χ3v) is 2.87. The van der Waals surface area contributed by atoms with Crippen LogP contribution in [0.5, 0.6) is 5.75 Å². The van der Waals surface area contributed by atoms with Gasteiger partial charge in [-0.15, -0.1) is 0 Å². The monoisotopic (exact) mass is 286 g/mol. The summed E-state index contributed by atoms with van der Waals surface area (Å²) < 4.78 is 5.14. The van der Waals surface area contributed by atoms with E-state index in [-0.39, 0.29) is 12.1 Å². The van der Waals surface area contributed by atoms with Gasteiger partial charge in [-0.25, -0.2) is 4.79 Å². The Morgan fingerprint density at radius 2 is 1.76 bits per heavy atom. The Labute approximate surface area is 121 Å². The highest BCUT2D eigenvalue weighted by Gasteiger charge is 2.17. The number of carbonyl (C=O) groups excluding carboxylic acids is 1. The number of nitro benzene ring substituents is 1. The van der Waals surface area contributed by atoms with E-state index in [0.717, 1.165) is 5.56 Å². The van der Waals surface area contributed by atoms with E-state index in [1.807, 2.05) is 6.07 Å². The van der Waals surface area contributed by atoms with Crippen molar-refractivity contribution >= 4 is 11.7 Å². The first-order valence-electron chi connectivity index (χ1n) is 6.32. The first-order valence-corrected chi connectivity index (χ1v) is 6.32. The lowest BCUT2D eigenvalue weighted by Crippen LogP contribution is -2.36. The maximum absolute atomic E-state index is 11.8. The number of hydrogen-bond donors (Lipinski definition) is 1. The SMILES string of the molecule is N[C@@H](Cc1ccc([N+](=O)[O-])cc1)C(=O)Oc1ccccc1. The van der Waals surface area contributed by atoms with Gasteiger partial charge in [-0.1, -0.05) is 30.3 Å². The highest BCUT2D eigenvalue weighted by molar-refractivity contribution is 5.78. The van der Waals surface area contributed by atoms with Gasteiger partial charge in [-0.2, -0.15) is 0 Å². The van der Waals surface area contributed by atoms with Crippen LogP contribution in [0, 0.1) is 10.1 Å². The first-order chi connectivity index (χ1) is 10.1. The normalized spacial score (nSPS) is 11.7. The van der Waals surface area contributed by atoms with Gasteiger partial charge in [0.05, 0.1) is 4.92 Å². The van der Waals surface area contributed by atoms with Crippen molar-refractivity contribution in [2.24, 2.45) is 5.73 Å². The van der Waals surface area contributed by atoms with Crippen LogP contribution in [0.4, 0.5) is 5.69 Å². The number of hydrogen-bond acceptors (Lipinski definition) is 5. The predicted molar refractivity (Wildman–Crippen MR) is 76.9 cm³/mol. The largest absolute Gasteiger partial charge is 0.425 e. The van der Waals surface area contributed by atoms with E-state index in [0.29, 0.717) is 5.75 Å². The van der Waals surface area contributed by atoms with Crippen molar-refractivity contribution in [2.75, 3.05) is 0 Å². The Balaban J connectivity index is 1.95. The summed E-state index contributed by atoms with van der Waals surface area (Å²) in [7, 11) is 0. The Bertz CT molecular complexity index is 626. The van der Waals surface area contributed by atoms with E-state index in [2.05, 4.69) is 0 Å². The molecule has 0 saturated heterocycles. The quantitative estimate of drug-likeness (QED) is 0.393. The van der Waals surface area contributed by atoms with Gasteiger partial charge in [0.1, 0.15) is 11.8 Å². The van der Waals surface area contributed by atoms with Crippen molar-refractivity contribution in [2.45, 2.75) is 12.5 Å². The van der Waals surface area contributed by atoms with E-state index < -0.39 is 16.9 Å². The number of ether oxygens (including phenoxy) is 1. The fraction of sp³-hybridized carbons (Fsp3) is 0.133. The molecule has 0 amide bonds. The zero-order valence-electron chi connectivity index (χ0n) is 11.1. The number of carbonyl (C=O) groups is 1. The topological polar surface area (TPSA) is 95.5 Å². The second-order valence-corrected chi connectivity index (χ2v) is 4.47. The summed E-state index contributed by atoms with van der Waals surface area (Å²) in [5, 5.41) is 10.6. The summed E-state index contributed by atoms with van der Waals surface area (Å²) in [6.07, 6.45) is 0.254. The van der Waals surface area contributed by atoms with Crippen LogP contribution in [0.15, 0.2) is 54.6 Å². The Morgan fingerprint density at radius 3 is 2.33 bits per heavy atom. The van der Waals surface area contributed by atoms with Crippen molar-refractivity contribution in [3.8, 4) is 5.75 Å². The molecule has 2 aromatic carbocycles. The fourth-order valence-corrected chi connectivity index (χ4v) is 1.77. The lowest BCUT2D eigenvalue weighted by molar-refractivity contribution is -0.384. The van der Waals surface area contributed by atoms with Gasteiger partial charge in [0, 0.05) is 12.1 Å². The van der Waals surface area contributed by atoms with Crippen LogP contribution in [0.3, 0.4) is 0 Å². The van der Waals surface area contributed by atoms with Crippen LogP contribution >= 0.6 is 0 Å². The Kier molecular flexibility index (Phi) is 4.63.